The molecule has 1 aromatic heterocycles. The molecular formula is C11H18BrN3O2. The van der Waals surface area contributed by atoms with Crippen molar-refractivity contribution in [3.63, 3.8) is 0 Å². The molecular weight excluding hydrogens is 286 g/mol. The SMILES string of the molecule is CCC(CC)NCCn1cc(Br)c(=O)[nH]c1=O. The van der Waals surface area contributed by atoms with Gasteiger partial charge in [-0.25, -0.2) is 4.79 Å². The number of rotatable bonds is 6. The maximum absolute atomic E-state index is 11.5. The first-order chi connectivity index (χ1) is 8.08. The minimum atomic E-state index is -0.390. The van der Waals surface area contributed by atoms with Crippen LogP contribution >= 0.6 is 15.9 Å². The number of nitrogens with one attached hydrogen (secondary N) is 2. The summed E-state index contributed by atoms with van der Waals surface area (Å²) in [6.45, 7) is 5.52. The first-order valence-electron chi connectivity index (χ1n) is 5.81. The molecule has 0 fully saturated rings. The van der Waals surface area contributed by atoms with Gasteiger partial charge in [-0.05, 0) is 28.8 Å². The molecule has 17 heavy (non-hydrogen) atoms. The summed E-state index contributed by atoms with van der Waals surface area (Å²) in [4.78, 5) is 24.9. The van der Waals surface area contributed by atoms with Crippen LogP contribution in [0.1, 0.15) is 26.7 Å². The van der Waals surface area contributed by atoms with Crippen LogP contribution in [0.15, 0.2) is 20.3 Å². The topological polar surface area (TPSA) is 66.9 Å². The van der Waals surface area contributed by atoms with Crippen LogP contribution in [0, 0.1) is 0 Å². The van der Waals surface area contributed by atoms with Gasteiger partial charge in [0.25, 0.3) is 5.56 Å². The highest BCUT2D eigenvalue weighted by molar-refractivity contribution is 9.10. The van der Waals surface area contributed by atoms with Crippen LogP contribution < -0.4 is 16.6 Å². The molecule has 0 spiro atoms. The Balaban J connectivity index is 2.61. The normalized spacial score (nSPS) is 11.1. The highest BCUT2D eigenvalue weighted by atomic mass is 79.9. The quantitative estimate of drug-likeness (QED) is 0.826. The van der Waals surface area contributed by atoms with Crippen LogP contribution in [-0.4, -0.2) is 22.1 Å². The van der Waals surface area contributed by atoms with Gasteiger partial charge in [0.1, 0.15) is 0 Å². The summed E-state index contributed by atoms with van der Waals surface area (Å²) in [6, 6.07) is 0.483. The molecule has 0 saturated carbocycles. The number of nitrogens with zero attached hydrogens (tertiary/aromatic N) is 1. The fourth-order valence-corrected chi connectivity index (χ4v) is 1.96. The monoisotopic (exact) mass is 303 g/mol. The molecule has 5 nitrogen and oxygen atoms in total. The largest absolute Gasteiger partial charge is 0.328 e. The van der Waals surface area contributed by atoms with E-state index in [0.29, 0.717) is 23.6 Å². The molecule has 6 heteroatoms. The molecule has 1 heterocycles. The van der Waals surface area contributed by atoms with Gasteiger partial charge in [0.2, 0.25) is 0 Å². The van der Waals surface area contributed by atoms with Crippen LogP contribution in [-0.2, 0) is 6.54 Å². The van der Waals surface area contributed by atoms with Crippen LogP contribution in [0.2, 0.25) is 0 Å². The number of H-pyrrole nitrogens is 1. The lowest BCUT2D eigenvalue weighted by molar-refractivity contribution is 0.460. The Morgan fingerprint density at radius 2 is 2.06 bits per heavy atom. The summed E-state index contributed by atoms with van der Waals surface area (Å²) in [5.74, 6) is 0. The van der Waals surface area contributed by atoms with E-state index in [1.54, 1.807) is 0 Å². The molecule has 96 valence electrons. The summed E-state index contributed by atoms with van der Waals surface area (Å²) in [5.41, 5.74) is -0.760. The highest BCUT2D eigenvalue weighted by Gasteiger charge is 2.04. The first kappa shape index (κ1) is 14.2. The third-order valence-corrected chi connectivity index (χ3v) is 3.30. The number of hydrogen-bond donors (Lipinski definition) is 2. The Bertz CT molecular complexity index is 463. The predicted octanol–water partition coefficient (Wildman–Crippen LogP) is 1.08. The van der Waals surface area contributed by atoms with Crippen molar-refractivity contribution in [2.75, 3.05) is 6.54 Å². The van der Waals surface area contributed by atoms with Gasteiger partial charge in [0.15, 0.2) is 0 Å². The van der Waals surface area contributed by atoms with Gasteiger partial charge in [-0.1, -0.05) is 13.8 Å². The highest BCUT2D eigenvalue weighted by Crippen LogP contribution is 1.98. The third kappa shape index (κ3) is 4.12. The minimum Gasteiger partial charge on any atom is -0.312 e. The zero-order chi connectivity index (χ0) is 12.8. The predicted molar refractivity (Wildman–Crippen MR) is 71.4 cm³/mol. The van der Waals surface area contributed by atoms with Crippen molar-refractivity contribution in [2.45, 2.75) is 39.3 Å². The summed E-state index contributed by atoms with van der Waals surface area (Å²) in [7, 11) is 0. The van der Waals surface area contributed by atoms with E-state index >= 15 is 0 Å². The summed E-state index contributed by atoms with van der Waals surface area (Å²) in [5, 5.41) is 3.36. The molecule has 0 aliphatic rings. The van der Waals surface area contributed by atoms with E-state index in [2.05, 4.69) is 40.1 Å². The molecule has 0 aliphatic carbocycles. The summed E-state index contributed by atoms with van der Waals surface area (Å²) in [6.07, 6.45) is 3.66. The van der Waals surface area contributed by atoms with Crippen molar-refractivity contribution in [3.8, 4) is 0 Å². The maximum Gasteiger partial charge on any atom is 0.328 e. The second-order valence-electron chi connectivity index (χ2n) is 3.90. The van der Waals surface area contributed by atoms with Crippen LogP contribution in [0.25, 0.3) is 0 Å². The lowest BCUT2D eigenvalue weighted by Crippen LogP contribution is -2.35. The molecule has 0 unspecified atom stereocenters. The maximum atomic E-state index is 11.5. The minimum absolute atomic E-state index is 0.371. The molecule has 0 aliphatic heterocycles. The molecule has 1 aromatic rings. The lowest BCUT2D eigenvalue weighted by Gasteiger charge is -2.14. The third-order valence-electron chi connectivity index (χ3n) is 2.74. The van der Waals surface area contributed by atoms with Gasteiger partial charge in [-0.3, -0.25) is 14.3 Å². The van der Waals surface area contributed by atoms with Crippen LogP contribution in [0.3, 0.4) is 0 Å². The Morgan fingerprint density at radius 1 is 1.41 bits per heavy atom. The van der Waals surface area contributed by atoms with E-state index in [-0.39, 0.29) is 11.2 Å². The van der Waals surface area contributed by atoms with Gasteiger partial charge in [-0.2, -0.15) is 0 Å². The zero-order valence-electron chi connectivity index (χ0n) is 10.1. The van der Waals surface area contributed by atoms with E-state index in [4.69, 9.17) is 0 Å². The van der Waals surface area contributed by atoms with Crippen LogP contribution in [0.5, 0.6) is 0 Å². The van der Waals surface area contributed by atoms with Gasteiger partial charge in [0.05, 0.1) is 4.47 Å². The van der Waals surface area contributed by atoms with Crippen molar-refractivity contribution in [1.29, 1.82) is 0 Å². The molecule has 2 N–H and O–H groups in total. The first-order valence-corrected chi connectivity index (χ1v) is 6.60. The van der Waals surface area contributed by atoms with E-state index in [1.807, 2.05) is 0 Å². The number of halogens is 1. The molecule has 0 saturated heterocycles. The Morgan fingerprint density at radius 3 is 2.65 bits per heavy atom. The lowest BCUT2D eigenvalue weighted by atomic mass is 10.2. The van der Waals surface area contributed by atoms with E-state index in [0.717, 1.165) is 12.8 Å². The Hall–Kier alpha value is -0.880. The smallest absolute Gasteiger partial charge is 0.312 e. The Labute approximate surface area is 108 Å². The van der Waals surface area contributed by atoms with E-state index < -0.39 is 0 Å². The summed E-state index contributed by atoms with van der Waals surface area (Å²) >= 11 is 3.10. The number of hydrogen-bond acceptors (Lipinski definition) is 3. The second kappa shape index (κ2) is 6.76. The van der Waals surface area contributed by atoms with E-state index in [9.17, 15) is 9.59 Å². The van der Waals surface area contributed by atoms with Gasteiger partial charge in [-0.15, -0.1) is 0 Å². The van der Waals surface area contributed by atoms with Crippen LogP contribution in [0.4, 0.5) is 0 Å². The van der Waals surface area contributed by atoms with Gasteiger partial charge < -0.3 is 5.32 Å². The van der Waals surface area contributed by atoms with Crippen molar-refractivity contribution in [1.82, 2.24) is 14.9 Å². The second-order valence-corrected chi connectivity index (χ2v) is 4.75. The van der Waals surface area contributed by atoms with Crippen molar-refractivity contribution < 1.29 is 0 Å². The fraction of sp³-hybridized carbons (Fsp3) is 0.636. The molecule has 1 rings (SSSR count). The standard InChI is InChI=1S/C11H18BrN3O2/c1-3-8(4-2)13-5-6-15-7-9(12)10(16)14-11(15)17/h7-8,13H,3-6H2,1-2H3,(H,14,16,17). The van der Waals surface area contributed by atoms with Crippen molar-refractivity contribution in [3.05, 3.63) is 31.5 Å². The average molecular weight is 304 g/mol. The van der Waals surface area contributed by atoms with E-state index in [1.165, 1.54) is 10.8 Å². The Kier molecular flexibility index (Phi) is 5.64. The van der Waals surface area contributed by atoms with Crippen molar-refractivity contribution in [2.24, 2.45) is 0 Å². The molecule has 0 radical (unpaired) electrons. The molecule has 0 amide bonds. The van der Waals surface area contributed by atoms with Crippen molar-refractivity contribution >= 4 is 15.9 Å². The molecule has 0 aromatic carbocycles. The van der Waals surface area contributed by atoms with Gasteiger partial charge >= 0.3 is 5.69 Å². The number of aromatic nitrogens is 2. The molecule has 0 bridgehead atoms. The zero-order valence-corrected chi connectivity index (χ0v) is 11.7. The fourth-order valence-electron chi connectivity index (χ4n) is 1.62. The summed E-state index contributed by atoms with van der Waals surface area (Å²) < 4.78 is 1.86. The number of aromatic amines is 1. The average Bonchev–Trinajstić information content (AvgIpc) is 2.31. The van der Waals surface area contributed by atoms with Gasteiger partial charge in [0, 0.05) is 25.3 Å². The molecule has 0 atom stereocenters.